The number of hydrogen-bond donors (Lipinski definition) is 3. The van der Waals surface area contributed by atoms with Gasteiger partial charge in [-0.2, -0.15) is 0 Å². The number of thiocarbonyl (C=S) groups is 1. The fourth-order valence-electron chi connectivity index (χ4n) is 1.68. The van der Waals surface area contributed by atoms with Crippen molar-refractivity contribution in [2.24, 2.45) is 0 Å². The molecular formula is C14H21N3O2S. The minimum atomic E-state index is -0.580. The lowest BCUT2D eigenvalue weighted by Gasteiger charge is -2.12. The van der Waals surface area contributed by atoms with Crippen molar-refractivity contribution in [2.75, 3.05) is 17.7 Å². The molecule has 4 N–H and O–H groups in total. The molecule has 110 valence electrons. The summed E-state index contributed by atoms with van der Waals surface area (Å²) in [5, 5.41) is 5.45. The Bertz CT molecular complexity index is 477. The van der Waals surface area contributed by atoms with Crippen LogP contribution in [0.15, 0.2) is 18.2 Å². The van der Waals surface area contributed by atoms with Gasteiger partial charge in [-0.1, -0.05) is 19.4 Å². The van der Waals surface area contributed by atoms with Crippen LogP contribution in [0.5, 0.6) is 0 Å². The fourth-order valence-corrected chi connectivity index (χ4v) is 1.87. The van der Waals surface area contributed by atoms with E-state index in [9.17, 15) is 4.79 Å². The highest BCUT2D eigenvalue weighted by Gasteiger charge is 2.07. The summed E-state index contributed by atoms with van der Waals surface area (Å²) in [6, 6.07) is 5.78. The average Bonchev–Trinajstić information content (AvgIpc) is 2.39. The van der Waals surface area contributed by atoms with E-state index in [1.165, 1.54) is 5.56 Å². The van der Waals surface area contributed by atoms with Crippen molar-refractivity contribution in [3.05, 3.63) is 23.8 Å². The van der Waals surface area contributed by atoms with Gasteiger partial charge in [-0.25, -0.2) is 4.79 Å². The zero-order valence-electron chi connectivity index (χ0n) is 11.9. The number of ether oxygens (including phenoxy) is 1. The van der Waals surface area contributed by atoms with Gasteiger partial charge in [0.15, 0.2) is 5.11 Å². The van der Waals surface area contributed by atoms with Crippen molar-refractivity contribution >= 4 is 34.8 Å². The second-order valence-corrected chi connectivity index (χ2v) is 4.73. The highest BCUT2D eigenvalue weighted by molar-refractivity contribution is 7.80. The maximum absolute atomic E-state index is 11.2. The molecule has 0 aromatic heterocycles. The summed E-state index contributed by atoms with van der Waals surface area (Å²) in [4.78, 5) is 11.2. The zero-order chi connectivity index (χ0) is 15.0. The summed E-state index contributed by atoms with van der Waals surface area (Å²) in [6.45, 7) is 4.17. The Labute approximate surface area is 124 Å². The predicted octanol–water partition coefficient (Wildman–Crippen LogP) is 3.05. The van der Waals surface area contributed by atoms with E-state index in [-0.39, 0.29) is 5.11 Å². The lowest BCUT2D eigenvalue weighted by Crippen LogP contribution is -2.34. The molecule has 0 aliphatic rings. The lowest BCUT2D eigenvalue weighted by atomic mass is 10.1. The van der Waals surface area contributed by atoms with Crippen LogP contribution in [0.25, 0.3) is 0 Å². The van der Waals surface area contributed by atoms with Crippen LogP contribution in [0.4, 0.5) is 16.2 Å². The SMILES string of the molecule is CCCCc1ccc(NC(=S)NC(=O)OCC)c(N)c1. The van der Waals surface area contributed by atoms with Gasteiger partial charge >= 0.3 is 6.09 Å². The van der Waals surface area contributed by atoms with Crippen molar-refractivity contribution in [2.45, 2.75) is 33.1 Å². The van der Waals surface area contributed by atoms with Gasteiger partial charge in [-0.05, 0) is 49.7 Å². The number of hydrogen-bond acceptors (Lipinski definition) is 4. The van der Waals surface area contributed by atoms with Crippen molar-refractivity contribution in [1.29, 1.82) is 0 Å². The molecule has 1 aromatic rings. The molecule has 1 aromatic carbocycles. The lowest BCUT2D eigenvalue weighted by molar-refractivity contribution is 0.158. The number of nitrogens with two attached hydrogens (primary N) is 1. The highest BCUT2D eigenvalue weighted by atomic mass is 32.1. The maximum atomic E-state index is 11.2. The third-order valence-electron chi connectivity index (χ3n) is 2.67. The molecule has 0 unspecified atom stereocenters. The Morgan fingerprint density at radius 2 is 2.15 bits per heavy atom. The van der Waals surface area contributed by atoms with E-state index in [0.717, 1.165) is 19.3 Å². The van der Waals surface area contributed by atoms with Gasteiger partial charge in [-0.3, -0.25) is 5.32 Å². The Hall–Kier alpha value is -1.82. The molecule has 0 spiro atoms. The third kappa shape index (κ3) is 5.44. The molecule has 0 heterocycles. The van der Waals surface area contributed by atoms with E-state index >= 15 is 0 Å². The van der Waals surface area contributed by atoms with E-state index in [1.807, 2.05) is 18.2 Å². The fraction of sp³-hybridized carbons (Fsp3) is 0.429. The first-order valence-corrected chi connectivity index (χ1v) is 7.10. The Morgan fingerprint density at radius 1 is 1.40 bits per heavy atom. The summed E-state index contributed by atoms with van der Waals surface area (Å²) in [5.41, 5.74) is 8.44. The zero-order valence-corrected chi connectivity index (χ0v) is 12.7. The average molecular weight is 295 g/mol. The number of anilines is 2. The highest BCUT2D eigenvalue weighted by Crippen LogP contribution is 2.20. The standard InChI is InChI=1S/C14H21N3O2S/c1-3-5-6-10-7-8-12(11(15)9-10)16-13(20)17-14(18)19-4-2/h7-9H,3-6,15H2,1-2H3,(H2,16,17,18,20). The van der Waals surface area contributed by atoms with Crippen molar-refractivity contribution in [3.63, 3.8) is 0 Å². The van der Waals surface area contributed by atoms with Gasteiger partial charge < -0.3 is 15.8 Å². The predicted molar refractivity (Wildman–Crippen MR) is 85.8 cm³/mol. The first-order valence-electron chi connectivity index (χ1n) is 6.70. The molecule has 0 fully saturated rings. The summed E-state index contributed by atoms with van der Waals surface area (Å²) in [5.74, 6) is 0. The van der Waals surface area contributed by atoms with Crippen LogP contribution >= 0.6 is 12.2 Å². The van der Waals surface area contributed by atoms with Crippen molar-refractivity contribution in [1.82, 2.24) is 5.32 Å². The van der Waals surface area contributed by atoms with Gasteiger partial charge in [0.05, 0.1) is 18.0 Å². The van der Waals surface area contributed by atoms with Crippen LogP contribution < -0.4 is 16.4 Å². The van der Waals surface area contributed by atoms with Crippen LogP contribution in [0.2, 0.25) is 0 Å². The van der Waals surface area contributed by atoms with E-state index in [4.69, 9.17) is 22.7 Å². The quantitative estimate of drug-likeness (QED) is 0.575. The number of alkyl carbamates (subject to hydrolysis) is 1. The monoisotopic (exact) mass is 295 g/mol. The number of amides is 1. The Morgan fingerprint density at radius 3 is 2.75 bits per heavy atom. The number of nitrogen functional groups attached to an aromatic ring is 1. The Balaban J connectivity index is 2.59. The topological polar surface area (TPSA) is 76.4 Å². The third-order valence-corrected chi connectivity index (χ3v) is 2.88. The summed E-state index contributed by atoms with van der Waals surface area (Å²) < 4.78 is 4.74. The molecular weight excluding hydrogens is 274 g/mol. The summed E-state index contributed by atoms with van der Waals surface area (Å²) in [7, 11) is 0. The molecule has 0 radical (unpaired) electrons. The van der Waals surface area contributed by atoms with Gasteiger partial charge in [0.25, 0.3) is 0 Å². The second kappa shape index (κ2) is 8.37. The van der Waals surface area contributed by atoms with Crippen LogP contribution in [0.1, 0.15) is 32.3 Å². The molecule has 0 bridgehead atoms. The van der Waals surface area contributed by atoms with E-state index in [0.29, 0.717) is 18.0 Å². The van der Waals surface area contributed by atoms with Gasteiger partial charge in [-0.15, -0.1) is 0 Å². The molecule has 20 heavy (non-hydrogen) atoms. The molecule has 6 heteroatoms. The van der Waals surface area contributed by atoms with E-state index in [2.05, 4.69) is 17.6 Å². The largest absolute Gasteiger partial charge is 0.450 e. The molecule has 0 aliphatic heterocycles. The van der Waals surface area contributed by atoms with Crippen LogP contribution in [-0.2, 0) is 11.2 Å². The van der Waals surface area contributed by atoms with Crippen LogP contribution in [0, 0.1) is 0 Å². The number of carbonyl (C=O) groups is 1. The maximum Gasteiger partial charge on any atom is 0.413 e. The molecule has 0 aliphatic carbocycles. The number of carbonyl (C=O) groups excluding carboxylic acids is 1. The number of aryl methyl sites for hydroxylation is 1. The van der Waals surface area contributed by atoms with Crippen molar-refractivity contribution in [3.8, 4) is 0 Å². The summed E-state index contributed by atoms with van der Waals surface area (Å²) in [6.07, 6.45) is 2.71. The van der Waals surface area contributed by atoms with Crippen LogP contribution in [0.3, 0.4) is 0 Å². The molecule has 0 atom stereocenters. The molecule has 1 rings (SSSR count). The molecule has 1 amide bonds. The van der Waals surface area contributed by atoms with Gasteiger partial charge in [0.2, 0.25) is 0 Å². The smallest absolute Gasteiger partial charge is 0.413 e. The van der Waals surface area contributed by atoms with Gasteiger partial charge in [0, 0.05) is 0 Å². The van der Waals surface area contributed by atoms with E-state index in [1.54, 1.807) is 6.92 Å². The normalized spacial score (nSPS) is 9.90. The van der Waals surface area contributed by atoms with E-state index < -0.39 is 6.09 Å². The van der Waals surface area contributed by atoms with Gasteiger partial charge in [0.1, 0.15) is 0 Å². The molecule has 0 saturated carbocycles. The Kier molecular flexibility index (Phi) is 6.79. The number of unbranched alkanes of at least 4 members (excludes halogenated alkanes) is 1. The van der Waals surface area contributed by atoms with Crippen LogP contribution in [-0.4, -0.2) is 17.8 Å². The second-order valence-electron chi connectivity index (χ2n) is 4.32. The van der Waals surface area contributed by atoms with Crippen molar-refractivity contribution < 1.29 is 9.53 Å². The number of benzene rings is 1. The molecule has 0 saturated heterocycles. The number of rotatable bonds is 5. The summed E-state index contributed by atoms with van der Waals surface area (Å²) >= 11 is 5.01. The minimum Gasteiger partial charge on any atom is -0.450 e. The first-order chi connectivity index (χ1) is 9.56. The first kappa shape index (κ1) is 16.2. The minimum absolute atomic E-state index is 0.163. The molecule has 5 nitrogen and oxygen atoms in total. The number of nitrogens with one attached hydrogen (secondary N) is 2.